The molecule has 1 aliphatic heterocycles. The van der Waals surface area contributed by atoms with Crippen LogP contribution in [0.2, 0.25) is 0 Å². The van der Waals surface area contributed by atoms with Crippen LogP contribution in [0.1, 0.15) is 0 Å². The van der Waals surface area contributed by atoms with Crippen LogP contribution in [-0.4, -0.2) is 56.8 Å². The highest BCUT2D eigenvalue weighted by Crippen LogP contribution is 2.07. The zero-order valence-corrected chi connectivity index (χ0v) is 11.0. The molecule has 0 bridgehead atoms. The molecule has 1 aromatic rings. The standard InChI is InChI=1S/C14H20N2O3/c17-14(12-16-8-6-15-7-9-16)19-11-10-18-13-4-2-1-3-5-13/h1-5,15H,6-12H2. The van der Waals surface area contributed by atoms with Crippen molar-refractivity contribution >= 4 is 5.97 Å². The normalized spacial score (nSPS) is 16.0. The van der Waals surface area contributed by atoms with Gasteiger partial charge in [-0.3, -0.25) is 9.69 Å². The first kappa shape index (κ1) is 13.8. The molecule has 0 aromatic heterocycles. The van der Waals surface area contributed by atoms with Crippen LogP contribution < -0.4 is 10.1 Å². The largest absolute Gasteiger partial charge is 0.490 e. The van der Waals surface area contributed by atoms with Gasteiger partial charge in [0.1, 0.15) is 19.0 Å². The summed E-state index contributed by atoms with van der Waals surface area (Å²) in [6.07, 6.45) is 0. The van der Waals surface area contributed by atoms with Gasteiger partial charge in [0.2, 0.25) is 0 Å². The van der Waals surface area contributed by atoms with Gasteiger partial charge < -0.3 is 14.8 Å². The maximum Gasteiger partial charge on any atom is 0.320 e. The highest BCUT2D eigenvalue weighted by Gasteiger charge is 2.13. The highest BCUT2D eigenvalue weighted by molar-refractivity contribution is 5.71. The van der Waals surface area contributed by atoms with Crippen molar-refractivity contribution in [2.45, 2.75) is 0 Å². The molecule has 1 saturated heterocycles. The summed E-state index contributed by atoms with van der Waals surface area (Å²) in [6.45, 7) is 4.71. The van der Waals surface area contributed by atoms with Gasteiger partial charge in [-0.05, 0) is 12.1 Å². The van der Waals surface area contributed by atoms with E-state index in [9.17, 15) is 4.79 Å². The van der Waals surface area contributed by atoms with Crippen LogP contribution in [0.4, 0.5) is 0 Å². The second-order valence-electron chi connectivity index (χ2n) is 4.41. The highest BCUT2D eigenvalue weighted by atomic mass is 16.6. The van der Waals surface area contributed by atoms with Gasteiger partial charge in [-0.1, -0.05) is 18.2 Å². The van der Waals surface area contributed by atoms with Gasteiger partial charge in [-0.2, -0.15) is 0 Å². The number of nitrogens with zero attached hydrogens (tertiary/aromatic N) is 1. The summed E-state index contributed by atoms with van der Waals surface area (Å²) in [5, 5.41) is 3.24. The molecule has 1 heterocycles. The first-order chi connectivity index (χ1) is 9.34. The fraction of sp³-hybridized carbons (Fsp3) is 0.500. The van der Waals surface area contributed by atoms with Crippen LogP contribution in [0.5, 0.6) is 5.75 Å². The summed E-state index contributed by atoms with van der Waals surface area (Å²) < 4.78 is 10.6. The van der Waals surface area contributed by atoms with Crippen LogP contribution >= 0.6 is 0 Å². The summed E-state index contributed by atoms with van der Waals surface area (Å²) in [7, 11) is 0. The molecule has 104 valence electrons. The monoisotopic (exact) mass is 264 g/mol. The van der Waals surface area contributed by atoms with E-state index in [1.165, 1.54) is 0 Å². The average Bonchev–Trinajstić information content (AvgIpc) is 2.46. The SMILES string of the molecule is O=C(CN1CCNCC1)OCCOc1ccccc1. The summed E-state index contributed by atoms with van der Waals surface area (Å²) in [6, 6.07) is 9.50. The van der Waals surface area contributed by atoms with Crippen LogP contribution in [-0.2, 0) is 9.53 Å². The van der Waals surface area contributed by atoms with Crippen LogP contribution in [0, 0.1) is 0 Å². The lowest BCUT2D eigenvalue weighted by molar-refractivity contribution is -0.145. The van der Waals surface area contributed by atoms with Crippen molar-refractivity contribution in [2.24, 2.45) is 0 Å². The summed E-state index contributed by atoms with van der Waals surface area (Å²) >= 11 is 0. The molecule has 0 unspecified atom stereocenters. The number of hydrogen-bond donors (Lipinski definition) is 1. The fourth-order valence-electron chi connectivity index (χ4n) is 1.93. The Morgan fingerprint density at radius 3 is 2.63 bits per heavy atom. The molecule has 1 aliphatic rings. The lowest BCUT2D eigenvalue weighted by atomic mass is 10.3. The van der Waals surface area contributed by atoms with Gasteiger partial charge in [-0.15, -0.1) is 0 Å². The van der Waals surface area contributed by atoms with E-state index < -0.39 is 0 Å². The quantitative estimate of drug-likeness (QED) is 0.599. The maximum absolute atomic E-state index is 11.6. The number of para-hydroxylation sites is 1. The van der Waals surface area contributed by atoms with Gasteiger partial charge >= 0.3 is 5.97 Å². The maximum atomic E-state index is 11.6. The first-order valence-corrected chi connectivity index (χ1v) is 6.61. The predicted octanol–water partition coefficient (Wildman–Crippen LogP) is 0.514. The lowest BCUT2D eigenvalue weighted by Gasteiger charge is -2.25. The molecule has 1 N–H and O–H groups in total. The van der Waals surface area contributed by atoms with Crippen molar-refractivity contribution in [1.29, 1.82) is 0 Å². The molecule has 19 heavy (non-hydrogen) atoms. The molecule has 5 heteroatoms. The Hall–Kier alpha value is -1.59. The third kappa shape index (κ3) is 5.28. The zero-order chi connectivity index (χ0) is 13.3. The number of benzene rings is 1. The first-order valence-electron chi connectivity index (χ1n) is 6.61. The Bertz CT molecular complexity index is 378. The van der Waals surface area contributed by atoms with Gasteiger partial charge in [0, 0.05) is 26.2 Å². The minimum Gasteiger partial charge on any atom is -0.490 e. The molecule has 1 aromatic carbocycles. The van der Waals surface area contributed by atoms with Gasteiger partial charge in [0.15, 0.2) is 0 Å². The third-order valence-electron chi connectivity index (χ3n) is 2.92. The second-order valence-corrected chi connectivity index (χ2v) is 4.41. The predicted molar refractivity (Wildman–Crippen MR) is 72.2 cm³/mol. The van der Waals surface area contributed by atoms with Gasteiger partial charge in [0.25, 0.3) is 0 Å². The van der Waals surface area contributed by atoms with Crippen molar-refractivity contribution in [3.05, 3.63) is 30.3 Å². The molecule has 2 rings (SSSR count). The van der Waals surface area contributed by atoms with Crippen LogP contribution in [0.15, 0.2) is 30.3 Å². The van der Waals surface area contributed by atoms with Crippen LogP contribution in [0.3, 0.4) is 0 Å². The average molecular weight is 264 g/mol. The van der Waals surface area contributed by atoms with E-state index in [4.69, 9.17) is 9.47 Å². The minimum atomic E-state index is -0.182. The molecule has 1 fully saturated rings. The number of esters is 1. The van der Waals surface area contributed by atoms with E-state index in [1.54, 1.807) is 0 Å². The van der Waals surface area contributed by atoms with Crippen molar-refractivity contribution in [2.75, 3.05) is 45.9 Å². The Morgan fingerprint density at radius 2 is 1.89 bits per heavy atom. The summed E-state index contributed by atoms with van der Waals surface area (Å²) in [4.78, 5) is 13.7. The molecule has 0 radical (unpaired) electrons. The molecule has 5 nitrogen and oxygen atoms in total. The minimum absolute atomic E-state index is 0.182. The smallest absolute Gasteiger partial charge is 0.320 e. The van der Waals surface area contributed by atoms with E-state index in [1.807, 2.05) is 30.3 Å². The van der Waals surface area contributed by atoms with Crippen molar-refractivity contribution in [1.82, 2.24) is 10.2 Å². The molecule has 0 spiro atoms. The Labute approximate surface area is 113 Å². The summed E-state index contributed by atoms with van der Waals surface area (Å²) in [5.41, 5.74) is 0. The topological polar surface area (TPSA) is 50.8 Å². The van der Waals surface area contributed by atoms with E-state index in [0.29, 0.717) is 19.8 Å². The lowest BCUT2D eigenvalue weighted by Crippen LogP contribution is -2.45. The Balaban J connectivity index is 1.56. The molecule has 0 atom stereocenters. The molecular formula is C14H20N2O3. The number of ether oxygens (including phenoxy) is 2. The molecule has 0 saturated carbocycles. The van der Waals surface area contributed by atoms with Crippen molar-refractivity contribution < 1.29 is 14.3 Å². The van der Waals surface area contributed by atoms with Crippen LogP contribution in [0.25, 0.3) is 0 Å². The zero-order valence-electron chi connectivity index (χ0n) is 11.0. The molecule has 0 aliphatic carbocycles. The fourth-order valence-corrected chi connectivity index (χ4v) is 1.93. The summed E-state index contributed by atoms with van der Waals surface area (Å²) in [5.74, 6) is 0.610. The number of nitrogens with one attached hydrogen (secondary N) is 1. The van der Waals surface area contributed by atoms with Gasteiger partial charge in [0.05, 0.1) is 6.54 Å². The third-order valence-corrected chi connectivity index (χ3v) is 2.92. The number of carbonyl (C=O) groups excluding carboxylic acids is 1. The number of carbonyl (C=O) groups is 1. The Kier molecular flexibility index (Phi) is 5.65. The van der Waals surface area contributed by atoms with E-state index in [0.717, 1.165) is 31.9 Å². The van der Waals surface area contributed by atoms with E-state index in [-0.39, 0.29) is 5.97 Å². The van der Waals surface area contributed by atoms with Crippen molar-refractivity contribution in [3.63, 3.8) is 0 Å². The Morgan fingerprint density at radius 1 is 1.16 bits per heavy atom. The van der Waals surface area contributed by atoms with Gasteiger partial charge in [-0.25, -0.2) is 0 Å². The second kappa shape index (κ2) is 7.76. The number of piperazine rings is 1. The number of rotatable bonds is 6. The van der Waals surface area contributed by atoms with Crippen molar-refractivity contribution in [3.8, 4) is 5.75 Å². The van der Waals surface area contributed by atoms with E-state index in [2.05, 4.69) is 10.2 Å². The molecule has 0 amide bonds. The number of hydrogen-bond acceptors (Lipinski definition) is 5. The van der Waals surface area contributed by atoms with E-state index >= 15 is 0 Å². The molecular weight excluding hydrogens is 244 g/mol.